The lowest BCUT2D eigenvalue weighted by atomic mass is 10.3. The van der Waals surface area contributed by atoms with Crippen molar-refractivity contribution in [3.05, 3.63) is 51.1 Å². The van der Waals surface area contributed by atoms with Gasteiger partial charge in [0.1, 0.15) is 0 Å². The lowest BCUT2D eigenvalue weighted by Crippen LogP contribution is -2.37. The number of hydrogen-bond donors (Lipinski definition) is 0. The molecule has 1 aliphatic rings. The van der Waals surface area contributed by atoms with Crippen molar-refractivity contribution >= 4 is 21.6 Å². The Labute approximate surface area is 130 Å². The summed E-state index contributed by atoms with van der Waals surface area (Å²) in [6.07, 6.45) is 5.17. The molecule has 0 atom stereocenters. The molecule has 7 heteroatoms. The smallest absolute Gasteiger partial charge is 0.269 e. The molecule has 21 heavy (non-hydrogen) atoms. The molecule has 0 unspecified atom stereocenters. The number of nitrogens with zero attached hydrogens (tertiary/aromatic N) is 4. The van der Waals surface area contributed by atoms with Crippen molar-refractivity contribution in [2.24, 2.45) is 0 Å². The van der Waals surface area contributed by atoms with E-state index in [9.17, 15) is 4.79 Å². The standard InChI is InChI=1S/C14H15BrN4O2/c15-12-5-11(7-16-8-12)10-19-14(20)6-13(9-17-19)18-1-3-21-4-2-18/h5-9H,1-4,10H2. The van der Waals surface area contributed by atoms with E-state index in [0.29, 0.717) is 19.8 Å². The first-order chi connectivity index (χ1) is 10.2. The minimum Gasteiger partial charge on any atom is -0.378 e. The molecule has 1 aliphatic heterocycles. The molecular weight excluding hydrogens is 336 g/mol. The summed E-state index contributed by atoms with van der Waals surface area (Å²) in [7, 11) is 0. The van der Waals surface area contributed by atoms with Crippen molar-refractivity contribution in [1.29, 1.82) is 0 Å². The van der Waals surface area contributed by atoms with Gasteiger partial charge in [-0.05, 0) is 27.6 Å². The number of ether oxygens (including phenoxy) is 1. The molecule has 0 amide bonds. The van der Waals surface area contributed by atoms with Crippen LogP contribution in [0, 0.1) is 0 Å². The van der Waals surface area contributed by atoms with Gasteiger partial charge in [-0.15, -0.1) is 0 Å². The van der Waals surface area contributed by atoms with E-state index in [0.717, 1.165) is 28.8 Å². The SMILES string of the molecule is O=c1cc(N2CCOCC2)cnn1Cc1cncc(Br)c1. The second kappa shape index (κ2) is 6.36. The molecule has 3 heterocycles. The van der Waals surface area contributed by atoms with Crippen LogP contribution in [0.4, 0.5) is 5.69 Å². The summed E-state index contributed by atoms with van der Waals surface area (Å²) < 4.78 is 7.63. The highest BCUT2D eigenvalue weighted by Gasteiger charge is 2.12. The Morgan fingerprint density at radius 1 is 1.19 bits per heavy atom. The zero-order chi connectivity index (χ0) is 14.7. The van der Waals surface area contributed by atoms with Gasteiger partial charge in [-0.2, -0.15) is 5.10 Å². The van der Waals surface area contributed by atoms with E-state index in [2.05, 4.69) is 30.9 Å². The molecule has 1 fully saturated rings. The number of hydrogen-bond acceptors (Lipinski definition) is 5. The number of halogens is 1. The molecule has 3 rings (SSSR count). The fourth-order valence-electron chi connectivity index (χ4n) is 2.25. The van der Waals surface area contributed by atoms with Crippen molar-refractivity contribution in [3.8, 4) is 0 Å². The van der Waals surface area contributed by atoms with Crippen LogP contribution in [-0.2, 0) is 11.3 Å². The van der Waals surface area contributed by atoms with E-state index >= 15 is 0 Å². The van der Waals surface area contributed by atoms with Crippen LogP contribution < -0.4 is 10.5 Å². The molecular formula is C14H15BrN4O2. The largest absolute Gasteiger partial charge is 0.378 e. The highest BCUT2D eigenvalue weighted by atomic mass is 79.9. The summed E-state index contributed by atoms with van der Waals surface area (Å²) in [6, 6.07) is 3.56. The van der Waals surface area contributed by atoms with Crippen molar-refractivity contribution < 1.29 is 4.74 Å². The quantitative estimate of drug-likeness (QED) is 0.834. The fraction of sp³-hybridized carbons (Fsp3) is 0.357. The van der Waals surface area contributed by atoms with Crippen molar-refractivity contribution in [2.45, 2.75) is 6.54 Å². The molecule has 1 saturated heterocycles. The minimum absolute atomic E-state index is 0.112. The van der Waals surface area contributed by atoms with Gasteiger partial charge in [0.25, 0.3) is 5.56 Å². The zero-order valence-electron chi connectivity index (χ0n) is 11.4. The monoisotopic (exact) mass is 350 g/mol. The molecule has 6 nitrogen and oxygen atoms in total. The van der Waals surface area contributed by atoms with Crippen molar-refractivity contribution in [3.63, 3.8) is 0 Å². The Bertz CT molecular complexity index is 683. The normalized spacial score (nSPS) is 15.2. The maximum absolute atomic E-state index is 12.2. The number of pyridine rings is 1. The van der Waals surface area contributed by atoms with Gasteiger partial charge in [-0.3, -0.25) is 9.78 Å². The van der Waals surface area contributed by atoms with E-state index in [4.69, 9.17) is 4.74 Å². The number of anilines is 1. The summed E-state index contributed by atoms with van der Waals surface area (Å²) in [4.78, 5) is 18.4. The average molecular weight is 351 g/mol. The highest BCUT2D eigenvalue weighted by molar-refractivity contribution is 9.10. The van der Waals surface area contributed by atoms with Crippen LogP contribution in [-0.4, -0.2) is 41.1 Å². The lowest BCUT2D eigenvalue weighted by molar-refractivity contribution is 0.122. The molecule has 0 radical (unpaired) electrons. The summed E-state index contributed by atoms with van der Waals surface area (Å²) >= 11 is 3.37. The van der Waals surface area contributed by atoms with E-state index in [1.54, 1.807) is 24.7 Å². The highest BCUT2D eigenvalue weighted by Crippen LogP contribution is 2.13. The van der Waals surface area contributed by atoms with Crippen LogP contribution >= 0.6 is 15.9 Å². The Kier molecular flexibility index (Phi) is 4.31. The predicted octanol–water partition coefficient (Wildman–Crippen LogP) is 1.29. The Morgan fingerprint density at radius 3 is 2.71 bits per heavy atom. The van der Waals surface area contributed by atoms with Gasteiger partial charge in [-0.25, -0.2) is 4.68 Å². The van der Waals surface area contributed by atoms with Gasteiger partial charge in [0.15, 0.2) is 0 Å². The predicted molar refractivity (Wildman–Crippen MR) is 82.6 cm³/mol. The van der Waals surface area contributed by atoms with Gasteiger partial charge < -0.3 is 9.64 Å². The maximum Gasteiger partial charge on any atom is 0.269 e. The molecule has 0 saturated carbocycles. The molecule has 2 aromatic heterocycles. The first-order valence-electron chi connectivity index (χ1n) is 6.72. The van der Waals surface area contributed by atoms with Gasteiger partial charge >= 0.3 is 0 Å². The fourth-order valence-corrected chi connectivity index (χ4v) is 2.66. The Balaban J connectivity index is 1.79. The number of rotatable bonds is 3. The van der Waals surface area contributed by atoms with Crippen LogP contribution in [0.2, 0.25) is 0 Å². The second-order valence-corrected chi connectivity index (χ2v) is 5.74. The Hall–Kier alpha value is -1.73. The van der Waals surface area contributed by atoms with Gasteiger partial charge in [0, 0.05) is 36.0 Å². The van der Waals surface area contributed by atoms with Crippen LogP contribution in [0.25, 0.3) is 0 Å². The molecule has 0 bridgehead atoms. The number of aromatic nitrogens is 3. The van der Waals surface area contributed by atoms with Crippen LogP contribution in [0.15, 0.2) is 40.0 Å². The second-order valence-electron chi connectivity index (χ2n) is 4.82. The van der Waals surface area contributed by atoms with Gasteiger partial charge in [0.2, 0.25) is 0 Å². The summed E-state index contributed by atoms with van der Waals surface area (Å²) in [5.41, 5.74) is 1.67. The third-order valence-electron chi connectivity index (χ3n) is 3.33. The van der Waals surface area contributed by atoms with E-state index in [-0.39, 0.29) is 5.56 Å². The van der Waals surface area contributed by atoms with Crippen molar-refractivity contribution in [1.82, 2.24) is 14.8 Å². The minimum atomic E-state index is -0.112. The van der Waals surface area contributed by atoms with E-state index in [1.807, 2.05) is 6.07 Å². The van der Waals surface area contributed by atoms with E-state index in [1.165, 1.54) is 4.68 Å². The molecule has 110 valence electrons. The molecule has 0 aromatic carbocycles. The summed E-state index contributed by atoms with van der Waals surface area (Å²) in [6.45, 7) is 3.37. The van der Waals surface area contributed by atoms with Crippen LogP contribution in [0.3, 0.4) is 0 Å². The number of morpholine rings is 1. The Morgan fingerprint density at radius 2 is 2.00 bits per heavy atom. The molecule has 0 N–H and O–H groups in total. The topological polar surface area (TPSA) is 60.3 Å². The summed E-state index contributed by atoms with van der Waals surface area (Å²) in [5, 5.41) is 4.26. The third-order valence-corrected chi connectivity index (χ3v) is 3.76. The van der Waals surface area contributed by atoms with Gasteiger partial charge in [-0.1, -0.05) is 0 Å². The van der Waals surface area contributed by atoms with Crippen molar-refractivity contribution in [2.75, 3.05) is 31.2 Å². The molecule has 2 aromatic rings. The van der Waals surface area contributed by atoms with Gasteiger partial charge in [0.05, 0.1) is 31.6 Å². The first-order valence-corrected chi connectivity index (χ1v) is 7.51. The maximum atomic E-state index is 12.2. The van der Waals surface area contributed by atoms with Crippen LogP contribution in [0.5, 0.6) is 0 Å². The average Bonchev–Trinajstić information content (AvgIpc) is 2.50. The third kappa shape index (κ3) is 3.48. The lowest BCUT2D eigenvalue weighted by Gasteiger charge is -2.28. The summed E-state index contributed by atoms with van der Waals surface area (Å²) in [5.74, 6) is 0. The van der Waals surface area contributed by atoms with E-state index < -0.39 is 0 Å². The zero-order valence-corrected chi connectivity index (χ0v) is 13.0. The molecule has 0 aliphatic carbocycles. The molecule has 0 spiro atoms. The first kappa shape index (κ1) is 14.2. The van der Waals surface area contributed by atoms with Crippen LogP contribution in [0.1, 0.15) is 5.56 Å².